The van der Waals surface area contributed by atoms with E-state index in [0.29, 0.717) is 5.11 Å². The number of hydrogen-bond acceptors (Lipinski definition) is 4. The van der Waals surface area contributed by atoms with Gasteiger partial charge in [0.25, 0.3) is 0 Å². The molecule has 8 heteroatoms. The molecule has 0 aliphatic carbocycles. The van der Waals surface area contributed by atoms with Crippen molar-refractivity contribution >= 4 is 23.0 Å². The Hall–Kier alpha value is -2.03. The van der Waals surface area contributed by atoms with E-state index < -0.39 is 0 Å². The summed E-state index contributed by atoms with van der Waals surface area (Å²) < 4.78 is 7.66. The van der Waals surface area contributed by atoms with Gasteiger partial charge in [0, 0.05) is 24.2 Å². The van der Waals surface area contributed by atoms with E-state index in [9.17, 15) is 0 Å². The molecule has 0 bridgehead atoms. The van der Waals surface area contributed by atoms with Gasteiger partial charge in [-0.1, -0.05) is 6.42 Å². The Morgan fingerprint density at radius 2 is 1.93 bits per heavy atom. The lowest BCUT2D eigenvalue weighted by Gasteiger charge is -2.24. The molecule has 0 radical (unpaired) electrons. The van der Waals surface area contributed by atoms with Gasteiger partial charge < -0.3 is 24.8 Å². The summed E-state index contributed by atoms with van der Waals surface area (Å²) >= 11 is 5.43. The maximum atomic E-state index is 5.43. The van der Waals surface area contributed by atoms with Gasteiger partial charge >= 0.3 is 0 Å². The summed E-state index contributed by atoms with van der Waals surface area (Å²) in [6.07, 6.45) is 4.70. The Labute approximate surface area is 171 Å². The topological polar surface area (TPSA) is 68.4 Å². The van der Waals surface area contributed by atoms with Crippen LogP contribution in [-0.4, -0.2) is 59.3 Å². The van der Waals surface area contributed by atoms with Crippen molar-refractivity contribution in [2.75, 3.05) is 44.7 Å². The molecule has 0 spiro atoms. The van der Waals surface area contributed by atoms with E-state index in [1.165, 1.54) is 19.3 Å². The number of nitrogens with zero attached hydrogens (tertiary/aromatic N) is 3. The van der Waals surface area contributed by atoms with Crippen LogP contribution in [0.1, 0.15) is 25.1 Å². The van der Waals surface area contributed by atoms with Crippen LogP contribution in [0.3, 0.4) is 0 Å². The number of quaternary nitrogens is 1. The SMILES string of the molecule is S=C(NCC[NH+]1CCOCC1)Nc1ccc(-c2nnc3n2CCCCC3)cc1. The number of hydrogen-bond donors (Lipinski definition) is 3. The van der Waals surface area contributed by atoms with E-state index in [-0.39, 0.29) is 0 Å². The summed E-state index contributed by atoms with van der Waals surface area (Å²) in [6, 6.07) is 8.28. The molecule has 4 rings (SSSR count). The number of thiocarbonyl (C=S) groups is 1. The highest BCUT2D eigenvalue weighted by molar-refractivity contribution is 7.80. The van der Waals surface area contributed by atoms with Crippen LogP contribution in [0, 0.1) is 0 Å². The zero-order chi connectivity index (χ0) is 19.2. The molecular weight excluding hydrogens is 372 g/mol. The fourth-order valence-electron chi connectivity index (χ4n) is 3.84. The van der Waals surface area contributed by atoms with Gasteiger partial charge in [-0.05, 0) is 49.3 Å². The highest BCUT2D eigenvalue weighted by Gasteiger charge is 2.16. The van der Waals surface area contributed by atoms with Gasteiger partial charge in [0.1, 0.15) is 18.9 Å². The molecular formula is C20H29N6OS+. The molecule has 1 saturated heterocycles. The summed E-state index contributed by atoms with van der Waals surface area (Å²) in [7, 11) is 0. The smallest absolute Gasteiger partial charge is 0.170 e. The number of rotatable bonds is 5. The predicted octanol–water partition coefficient (Wildman–Crippen LogP) is 0.873. The van der Waals surface area contributed by atoms with Crippen molar-refractivity contribution in [1.82, 2.24) is 20.1 Å². The van der Waals surface area contributed by atoms with Crippen molar-refractivity contribution in [3.05, 3.63) is 30.1 Å². The third-order valence-corrected chi connectivity index (χ3v) is 5.72. The van der Waals surface area contributed by atoms with Crippen LogP contribution in [0.2, 0.25) is 0 Å². The second-order valence-electron chi connectivity index (χ2n) is 7.47. The van der Waals surface area contributed by atoms with Crippen molar-refractivity contribution in [1.29, 1.82) is 0 Å². The van der Waals surface area contributed by atoms with E-state index in [1.807, 2.05) is 0 Å². The van der Waals surface area contributed by atoms with E-state index >= 15 is 0 Å². The van der Waals surface area contributed by atoms with Crippen LogP contribution in [0.5, 0.6) is 0 Å². The summed E-state index contributed by atoms with van der Waals surface area (Å²) in [5.41, 5.74) is 2.08. The third kappa shape index (κ3) is 4.87. The van der Waals surface area contributed by atoms with Crippen molar-refractivity contribution in [2.45, 2.75) is 32.2 Å². The highest BCUT2D eigenvalue weighted by atomic mass is 32.1. The molecule has 7 nitrogen and oxygen atoms in total. The van der Waals surface area contributed by atoms with Crippen LogP contribution < -0.4 is 15.5 Å². The largest absolute Gasteiger partial charge is 0.370 e. The van der Waals surface area contributed by atoms with Crippen LogP contribution >= 0.6 is 12.2 Å². The standard InChI is InChI=1S/C20H28N6OS/c28-20(21-9-11-25-12-14-27-15-13-25)22-17-7-5-16(6-8-17)19-24-23-18-4-2-1-3-10-26(18)19/h5-8H,1-4,9-15H2,(H2,21,22,28)/p+1. The molecule has 150 valence electrons. The van der Waals surface area contributed by atoms with Gasteiger partial charge in [0.15, 0.2) is 10.9 Å². The predicted molar refractivity (Wildman–Crippen MR) is 114 cm³/mol. The van der Waals surface area contributed by atoms with E-state index in [0.717, 1.165) is 75.3 Å². The second kappa shape index (κ2) is 9.45. The number of ether oxygens (including phenoxy) is 1. The molecule has 1 fully saturated rings. The number of fused-ring (bicyclic) bond motifs is 1. The van der Waals surface area contributed by atoms with Crippen LogP contribution in [0.4, 0.5) is 5.69 Å². The number of aromatic nitrogens is 3. The first-order chi connectivity index (χ1) is 13.8. The number of aryl methyl sites for hydroxylation is 1. The van der Waals surface area contributed by atoms with Gasteiger partial charge in [-0.3, -0.25) is 0 Å². The fourth-order valence-corrected chi connectivity index (χ4v) is 4.06. The summed E-state index contributed by atoms with van der Waals surface area (Å²) in [4.78, 5) is 1.57. The zero-order valence-corrected chi connectivity index (χ0v) is 17.1. The van der Waals surface area contributed by atoms with Gasteiger partial charge in [-0.15, -0.1) is 10.2 Å². The molecule has 0 unspecified atom stereocenters. The number of morpholine rings is 1. The minimum Gasteiger partial charge on any atom is -0.370 e. The van der Waals surface area contributed by atoms with Crippen LogP contribution in [0.25, 0.3) is 11.4 Å². The quantitative estimate of drug-likeness (QED) is 0.646. The Morgan fingerprint density at radius 1 is 1.11 bits per heavy atom. The molecule has 1 aromatic heterocycles. The maximum absolute atomic E-state index is 5.43. The van der Waals surface area contributed by atoms with E-state index in [1.54, 1.807) is 4.90 Å². The van der Waals surface area contributed by atoms with E-state index in [2.05, 4.69) is 49.7 Å². The van der Waals surface area contributed by atoms with Crippen LogP contribution in [-0.2, 0) is 17.7 Å². The summed E-state index contributed by atoms with van der Waals surface area (Å²) in [5, 5.41) is 16.1. The fraction of sp³-hybridized carbons (Fsp3) is 0.550. The minimum absolute atomic E-state index is 0.664. The summed E-state index contributed by atoms with van der Waals surface area (Å²) in [5.74, 6) is 2.08. The Morgan fingerprint density at radius 3 is 2.75 bits per heavy atom. The normalized spacial score (nSPS) is 17.6. The first-order valence-electron chi connectivity index (χ1n) is 10.3. The molecule has 3 heterocycles. The molecule has 2 aliphatic heterocycles. The number of nitrogens with one attached hydrogen (secondary N) is 3. The van der Waals surface area contributed by atoms with Crippen molar-refractivity contribution in [3.63, 3.8) is 0 Å². The van der Waals surface area contributed by atoms with Crippen molar-refractivity contribution in [3.8, 4) is 11.4 Å². The third-order valence-electron chi connectivity index (χ3n) is 5.47. The van der Waals surface area contributed by atoms with Crippen LogP contribution in [0.15, 0.2) is 24.3 Å². The molecule has 2 aliphatic rings. The average Bonchev–Trinajstić information content (AvgIpc) is 2.97. The molecule has 3 N–H and O–H groups in total. The molecule has 28 heavy (non-hydrogen) atoms. The molecule has 2 aromatic rings. The zero-order valence-electron chi connectivity index (χ0n) is 16.2. The van der Waals surface area contributed by atoms with Gasteiger partial charge in [-0.25, -0.2) is 0 Å². The van der Waals surface area contributed by atoms with Crippen molar-refractivity contribution < 1.29 is 9.64 Å². The molecule has 0 saturated carbocycles. The lowest BCUT2D eigenvalue weighted by molar-refractivity contribution is -0.906. The van der Waals surface area contributed by atoms with Crippen molar-refractivity contribution in [2.24, 2.45) is 0 Å². The highest BCUT2D eigenvalue weighted by Crippen LogP contribution is 2.23. The molecule has 1 aromatic carbocycles. The lowest BCUT2D eigenvalue weighted by Crippen LogP contribution is -3.14. The lowest BCUT2D eigenvalue weighted by atomic mass is 10.2. The van der Waals surface area contributed by atoms with Gasteiger partial charge in [0.05, 0.1) is 26.3 Å². The summed E-state index contributed by atoms with van der Waals surface area (Å²) in [6.45, 7) is 6.81. The van der Waals surface area contributed by atoms with Gasteiger partial charge in [-0.2, -0.15) is 0 Å². The number of anilines is 1. The average molecular weight is 402 g/mol. The Balaban J connectivity index is 1.30. The maximum Gasteiger partial charge on any atom is 0.170 e. The molecule has 0 amide bonds. The Bertz CT molecular complexity index is 784. The Kier molecular flexibility index (Phi) is 6.51. The first kappa shape index (κ1) is 19.3. The van der Waals surface area contributed by atoms with Gasteiger partial charge in [0.2, 0.25) is 0 Å². The minimum atomic E-state index is 0.664. The first-order valence-corrected chi connectivity index (χ1v) is 10.7. The van der Waals surface area contributed by atoms with E-state index in [4.69, 9.17) is 17.0 Å². The second-order valence-corrected chi connectivity index (χ2v) is 7.88. The molecule has 0 atom stereocenters. The monoisotopic (exact) mass is 401 g/mol. The number of benzene rings is 1.